The van der Waals surface area contributed by atoms with E-state index in [2.05, 4.69) is 10.3 Å². The van der Waals surface area contributed by atoms with Gasteiger partial charge in [0.25, 0.3) is 0 Å². The van der Waals surface area contributed by atoms with Gasteiger partial charge in [-0.2, -0.15) is 13.2 Å². The molecule has 0 bridgehead atoms. The summed E-state index contributed by atoms with van der Waals surface area (Å²) in [5.41, 5.74) is 4.62. The zero-order valence-corrected chi connectivity index (χ0v) is 10.7. The van der Waals surface area contributed by atoms with E-state index in [0.717, 1.165) is 18.6 Å². The Kier molecular flexibility index (Phi) is 4.43. The molecule has 0 spiro atoms. The minimum atomic E-state index is -4.41. The first-order valence-corrected chi connectivity index (χ1v) is 5.85. The molecule has 1 atom stereocenters. The van der Waals surface area contributed by atoms with Crippen molar-refractivity contribution in [3.8, 4) is 0 Å². The zero-order chi connectivity index (χ0) is 13.9. The molecule has 0 aliphatic rings. The summed E-state index contributed by atoms with van der Waals surface area (Å²) in [7, 11) is 0. The summed E-state index contributed by atoms with van der Waals surface area (Å²) < 4.78 is 37.8. The number of alkyl halides is 3. The van der Waals surface area contributed by atoms with E-state index in [-0.39, 0.29) is 17.7 Å². The highest BCUT2D eigenvalue weighted by molar-refractivity contribution is 5.48. The van der Waals surface area contributed by atoms with Gasteiger partial charge in [-0.25, -0.2) is 4.98 Å². The Hall–Kier alpha value is -1.46. The third-order valence-corrected chi connectivity index (χ3v) is 2.75. The molecule has 3 N–H and O–H groups in total. The van der Waals surface area contributed by atoms with Crippen molar-refractivity contribution >= 4 is 11.6 Å². The molecule has 0 aliphatic heterocycles. The number of pyridine rings is 1. The number of halogens is 3. The van der Waals surface area contributed by atoms with Crippen LogP contribution in [0.5, 0.6) is 0 Å². The molecule has 18 heavy (non-hydrogen) atoms. The molecule has 1 rings (SSSR count). The topological polar surface area (TPSA) is 50.9 Å². The fraction of sp³-hybridized carbons (Fsp3) is 0.583. The van der Waals surface area contributed by atoms with Gasteiger partial charge in [0.1, 0.15) is 11.6 Å². The molecule has 0 radical (unpaired) electrons. The first-order chi connectivity index (χ1) is 8.24. The van der Waals surface area contributed by atoms with Gasteiger partial charge in [-0.05, 0) is 24.5 Å². The van der Waals surface area contributed by atoms with Gasteiger partial charge in [0.15, 0.2) is 0 Å². The van der Waals surface area contributed by atoms with Gasteiger partial charge in [-0.1, -0.05) is 20.8 Å². The van der Waals surface area contributed by atoms with Gasteiger partial charge in [0, 0.05) is 6.04 Å². The number of hydrogen-bond acceptors (Lipinski definition) is 3. The molecule has 0 fully saturated rings. The Bertz CT molecular complexity index is 402. The lowest BCUT2D eigenvalue weighted by atomic mass is 10.0. The van der Waals surface area contributed by atoms with E-state index in [1.165, 1.54) is 0 Å². The van der Waals surface area contributed by atoms with Crippen LogP contribution in [0.25, 0.3) is 0 Å². The molecule has 0 saturated carbocycles. The van der Waals surface area contributed by atoms with Gasteiger partial charge in [0.2, 0.25) is 0 Å². The maximum absolute atomic E-state index is 12.6. The molecule has 3 nitrogen and oxygen atoms in total. The van der Waals surface area contributed by atoms with Crippen LogP contribution in [-0.4, -0.2) is 11.0 Å². The standard InChI is InChI=1S/C12H18F3N3/c1-4-9(7(2)3)17-11-6-8(12(13,14)15)5-10(16)18-11/h5-7,9H,4H2,1-3H3,(H3,16,17,18). The van der Waals surface area contributed by atoms with Crippen LogP contribution in [0.1, 0.15) is 32.8 Å². The second-order valence-electron chi connectivity index (χ2n) is 4.57. The number of nitrogens with zero attached hydrogens (tertiary/aromatic N) is 1. The predicted octanol–water partition coefficient (Wildman–Crippen LogP) is 3.53. The first kappa shape index (κ1) is 14.6. The molecule has 1 unspecified atom stereocenters. The Morgan fingerprint density at radius 3 is 2.39 bits per heavy atom. The quantitative estimate of drug-likeness (QED) is 0.871. The number of nitrogen functional groups attached to an aromatic ring is 1. The molecule has 0 saturated heterocycles. The highest BCUT2D eigenvalue weighted by atomic mass is 19.4. The third kappa shape index (κ3) is 3.78. The molecule has 1 aromatic heterocycles. The van der Waals surface area contributed by atoms with Crippen LogP contribution in [-0.2, 0) is 6.18 Å². The molecule has 102 valence electrons. The third-order valence-electron chi connectivity index (χ3n) is 2.75. The van der Waals surface area contributed by atoms with Gasteiger partial charge in [-0.15, -0.1) is 0 Å². The lowest BCUT2D eigenvalue weighted by Gasteiger charge is -2.22. The largest absolute Gasteiger partial charge is 0.416 e. The van der Waals surface area contributed by atoms with E-state index < -0.39 is 11.7 Å². The van der Waals surface area contributed by atoms with E-state index in [0.29, 0.717) is 5.92 Å². The number of nitrogens with two attached hydrogens (primary N) is 1. The summed E-state index contributed by atoms with van der Waals surface area (Å²) in [6, 6.07) is 1.89. The molecule has 0 amide bonds. The average Bonchev–Trinajstić information content (AvgIpc) is 2.23. The van der Waals surface area contributed by atoms with Crippen molar-refractivity contribution < 1.29 is 13.2 Å². The van der Waals surface area contributed by atoms with E-state index in [1.54, 1.807) is 0 Å². The van der Waals surface area contributed by atoms with E-state index in [1.807, 2.05) is 20.8 Å². The van der Waals surface area contributed by atoms with Crippen LogP contribution >= 0.6 is 0 Å². The van der Waals surface area contributed by atoms with Crippen molar-refractivity contribution in [1.29, 1.82) is 0 Å². The van der Waals surface area contributed by atoms with E-state index in [4.69, 9.17) is 5.73 Å². The number of aromatic nitrogens is 1. The molecule has 0 aromatic carbocycles. The summed E-state index contributed by atoms with van der Waals surface area (Å²) in [6.45, 7) is 5.96. The lowest BCUT2D eigenvalue weighted by molar-refractivity contribution is -0.137. The number of nitrogens with one attached hydrogen (secondary N) is 1. The second-order valence-corrected chi connectivity index (χ2v) is 4.57. The van der Waals surface area contributed by atoms with Crippen molar-refractivity contribution in [3.63, 3.8) is 0 Å². The summed E-state index contributed by atoms with van der Waals surface area (Å²) >= 11 is 0. The minimum Gasteiger partial charge on any atom is -0.384 e. The number of anilines is 2. The van der Waals surface area contributed by atoms with Crippen LogP contribution in [0.3, 0.4) is 0 Å². The maximum Gasteiger partial charge on any atom is 0.416 e. The Morgan fingerprint density at radius 2 is 1.94 bits per heavy atom. The average molecular weight is 261 g/mol. The lowest BCUT2D eigenvalue weighted by Crippen LogP contribution is -2.25. The van der Waals surface area contributed by atoms with Crippen LogP contribution in [0.2, 0.25) is 0 Å². The highest BCUT2D eigenvalue weighted by Crippen LogP contribution is 2.31. The molecular weight excluding hydrogens is 243 g/mol. The monoisotopic (exact) mass is 261 g/mol. The van der Waals surface area contributed by atoms with Gasteiger partial charge in [-0.3, -0.25) is 0 Å². The Morgan fingerprint density at radius 1 is 1.33 bits per heavy atom. The van der Waals surface area contributed by atoms with Crippen molar-refractivity contribution in [3.05, 3.63) is 17.7 Å². The molecule has 1 heterocycles. The fourth-order valence-electron chi connectivity index (χ4n) is 1.72. The number of hydrogen-bond donors (Lipinski definition) is 2. The highest BCUT2D eigenvalue weighted by Gasteiger charge is 2.31. The fourth-order valence-corrected chi connectivity index (χ4v) is 1.72. The summed E-state index contributed by atoms with van der Waals surface area (Å²) in [4.78, 5) is 3.88. The Balaban J connectivity index is 3.00. The van der Waals surface area contributed by atoms with Crippen LogP contribution in [0.15, 0.2) is 12.1 Å². The van der Waals surface area contributed by atoms with Crippen molar-refractivity contribution in [2.75, 3.05) is 11.1 Å². The first-order valence-electron chi connectivity index (χ1n) is 5.85. The second kappa shape index (κ2) is 5.46. The van der Waals surface area contributed by atoms with E-state index in [9.17, 15) is 13.2 Å². The predicted molar refractivity (Wildman–Crippen MR) is 66.2 cm³/mol. The van der Waals surface area contributed by atoms with Crippen molar-refractivity contribution in [2.24, 2.45) is 5.92 Å². The molecular formula is C12H18F3N3. The molecule has 0 aliphatic carbocycles. The van der Waals surface area contributed by atoms with Crippen LogP contribution < -0.4 is 11.1 Å². The van der Waals surface area contributed by atoms with Crippen molar-refractivity contribution in [1.82, 2.24) is 4.98 Å². The molecule has 6 heteroatoms. The van der Waals surface area contributed by atoms with Crippen LogP contribution in [0, 0.1) is 5.92 Å². The van der Waals surface area contributed by atoms with Gasteiger partial charge >= 0.3 is 6.18 Å². The summed E-state index contributed by atoms with van der Waals surface area (Å²) in [6.07, 6.45) is -3.61. The van der Waals surface area contributed by atoms with Gasteiger partial charge in [0.05, 0.1) is 5.56 Å². The zero-order valence-electron chi connectivity index (χ0n) is 10.7. The molecule has 1 aromatic rings. The van der Waals surface area contributed by atoms with Crippen LogP contribution in [0.4, 0.5) is 24.8 Å². The summed E-state index contributed by atoms with van der Waals surface area (Å²) in [5, 5.41) is 2.99. The number of rotatable bonds is 4. The van der Waals surface area contributed by atoms with Crippen molar-refractivity contribution in [2.45, 2.75) is 39.4 Å². The maximum atomic E-state index is 12.6. The SMILES string of the molecule is CCC(Nc1cc(C(F)(F)F)cc(N)n1)C(C)C. The van der Waals surface area contributed by atoms with E-state index >= 15 is 0 Å². The normalized spacial score (nSPS) is 13.7. The van der Waals surface area contributed by atoms with Gasteiger partial charge < -0.3 is 11.1 Å². The summed E-state index contributed by atoms with van der Waals surface area (Å²) in [5.74, 6) is 0.335. The Labute approximate surface area is 105 Å². The minimum absolute atomic E-state index is 0.0698. The smallest absolute Gasteiger partial charge is 0.384 e.